The van der Waals surface area contributed by atoms with E-state index in [2.05, 4.69) is 4.98 Å². The summed E-state index contributed by atoms with van der Waals surface area (Å²) < 4.78 is 79.0. The highest BCUT2D eigenvalue weighted by molar-refractivity contribution is 6.06. The second-order valence-corrected chi connectivity index (χ2v) is 6.48. The highest BCUT2D eigenvalue weighted by atomic mass is 19.4. The van der Waals surface area contributed by atoms with Gasteiger partial charge in [-0.25, -0.2) is 0 Å². The number of amides is 1. The Bertz CT molecular complexity index is 1260. The lowest BCUT2D eigenvalue weighted by atomic mass is 10.1. The van der Waals surface area contributed by atoms with Crippen molar-refractivity contribution in [3.8, 4) is 0 Å². The topological polar surface area (TPSA) is 84.0 Å². The smallest absolute Gasteiger partial charge is 0.322 e. The van der Waals surface area contributed by atoms with Crippen LogP contribution >= 0.6 is 0 Å². The number of halogens is 6. The van der Waals surface area contributed by atoms with Gasteiger partial charge in [0.1, 0.15) is 0 Å². The highest BCUT2D eigenvalue weighted by Crippen LogP contribution is 2.37. The van der Waals surface area contributed by atoms with Crippen LogP contribution in [0.25, 0.3) is 11.0 Å². The van der Waals surface area contributed by atoms with Crippen molar-refractivity contribution < 1.29 is 31.1 Å². The number of hydrogen-bond acceptors (Lipinski definition) is 3. The number of carbonyl (C=O) groups is 1. The van der Waals surface area contributed by atoms with Gasteiger partial charge < -0.3 is 14.9 Å². The first-order valence-electron chi connectivity index (χ1n) is 8.69. The number of aromatic amines is 1. The van der Waals surface area contributed by atoms with Crippen LogP contribution in [0.4, 0.5) is 32.0 Å². The standard InChI is InChI=1S/C19H13F6N3O3/c1-2-28-14-4-3-9(5-13(14)27-16(30)17(28)31)15(29)26-12-7-10(18(20,21)22)6-11(8-12)19(23,24)25/h3-8H,2H2,1H3,(H,26,29)(H,27,30). The van der Waals surface area contributed by atoms with E-state index in [1.165, 1.54) is 12.1 Å². The Morgan fingerprint density at radius 2 is 1.55 bits per heavy atom. The molecule has 1 aromatic heterocycles. The van der Waals surface area contributed by atoms with Crippen LogP contribution in [0.5, 0.6) is 0 Å². The molecule has 0 atom stereocenters. The lowest BCUT2D eigenvalue weighted by Crippen LogP contribution is -2.36. The fourth-order valence-corrected chi connectivity index (χ4v) is 2.96. The molecule has 0 saturated carbocycles. The van der Waals surface area contributed by atoms with Crippen molar-refractivity contribution in [2.75, 3.05) is 5.32 Å². The number of aryl methyl sites for hydroxylation is 1. The third-order valence-electron chi connectivity index (χ3n) is 4.40. The quantitative estimate of drug-likeness (QED) is 0.472. The molecule has 3 aromatic rings. The predicted molar refractivity (Wildman–Crippen MR) is 98.9 cm³/mol. The van der Waals surface area contributed by atoms with E-state index >= 15 is 0 Å². The highest BCUT2D eigenvalue weighted by Gasteiger charge is 2.37. The van der Waals surface area contributed by atoms with E-state index in [0.717, 1.165) is 10.6 Å². The van der Waals surface area contributed by atoms with Gasteiger partial charge in [0.15, 0.2) is 0 Å². The van der Waals surface area contributed by atoms with Gasteiger partial charge >= 0.3 is 23.5 Å². The number of H-pyrrole nitrogens is 1. The molecule has 2 aromatic carbocycles. The molecule has 3 rings (SSSR count). The molecular formula is C19H13F6N3O3. The number of aromatic nitrogens is 2. The Hall–Kier alpha value is -3.57. The van der Waals surface area contributed by atoms with Crippen LogP contribution in [-0.2, 0) is 18.9 Å². The maximum absolute atomic E-state index is 13.0. The maximum atomic E-state index is 13.0. The first-order valence-corrected chi connectivity index (χ1v) is 8.69. The third kappa shape index (κ3) is 4.47. The second-order valence-electron chi connectivity index (χ2n) is 6.48. The van der Waals surface area contributed by atoms with Gasteiger partial charge in [-0.3, -0.25) is 14.4 Å². The van der Waals surface area contributed by atoms with Crippen molar-refractivity contribution in [1.82, 2.24) is 9.55 Å². The first-order chi connectivity index (χ1) is 14.3. The lowest BCUT2D eigenvalue weighted by molar-refractivity contribution is -0.143. The Morgan fingerprint density at radius 3 is 2.06 bits per heavy atom. The van der Waals surface area contributed by atoms with Crippen molar-refractivity contribution >= 4 is 22.6 Å². The minimum Gasteiger partial charge on any atom is -0.322 e. The largest absolute Gasteiger partial charge is 0.416 e. The summed E-state index contributed by atoms with van der Waals surface area (Å²) in [7, 11) is 0. The summed E-state index contributed by atoms with van der Waals surface area (Å²) in [6.07, 6.45) is -10.1. The van der Waals surface area contributed by atoms with Crippen molar-refractivity contribution in [2.24, 2.45) is 0 Å². The average Bonchev–Trinajstić information content (AvgIpc) is 2.67. The van der Waals surface area contributed by atoms with E-state index in [4.69, 9.17) is 0 Å². The zero-order valence-electron chi connectivity index (χ0n) is 15.6. The summed E-state index contributed by atoms with van der Waals surface area (Å²) in [5.74, 6) is -1.01. The minimum atomic E-state index is -5.06. The van der Waals surface area contributed by atoms with Gasteiger partial charge in [0.05, 0.1) is 22.2 Å². The molecule has 0 spiro atoms. The zero-order chi connectivity index (χ0) is 23.1. The van der Waals surface area contributed by atoms with Crippen LogP contribution in [0.15, 0.2) is 46.0 Å². The van der Waals surface area contributed by atoms with E-state index in [-0.39, 0.29) is 23.7 Å². The molecule has 0 unspecified atom stereocenters. The number of alkyl halides is 6. The van der Waals surface area contributed by atoms with Crippen LogP contribution in [-0.4, -0.2) is 15.5 Å². The number of nitrogens with one attached hydrogen (secondary N) is 2. The summed E-state index contributed by atoms with van der Waals surface area (Å²) in [4.78, 5) is 38.3. The number of carbonyl (C=O) groups excluding carboxylic acids is 1. The van der Waals surface area contributed by atoms with Crippen molar-refractivity contribution in [3.63, 3.8) is 0 Å². The van der Waals surface area contributed by atoms with Gasteiger partial charge in [-0.15, -0.1) is 0 Å². The van der Waals surface area contributed by atoms with Gasteiger partial charge in [-0.2, -0.15) is 26.3 Å². The molecule has 0 aliphatic heterocycles. The van der Waals surface area contributed by atoms with E-state index in [1.54, 1.807) is 6.92 Å². The van der Waals surface area contributed by atoms with Crippen LogP contribution in [0.1, 0.15) is 28.4 Å². The van der Waals surface area contributed by atoms with Crippen molar-refractivity contribution in [3.05, 3.63) is 73.8 Å². The second kappa shape index (κ2) is 7.60. The molecule has 2 N–H and O–H groups in total. The lowest BCUT2D eigenvalue weighted by Gasteiger charge is -2.15. The zero-order valence-corrected chi connectivity index (χ0v) is 15.6. The van der Waals surface area contributed by atoms with Gasteiger partial charge in [0, 0.05) is 17.8 Å². The third-order valence-corrected chi connectivity index (χ3v) is 4.40. The molecule has 12 heteroatoms. The first kappa shape index (κ1) is 22.1. The molecule has 1 amide bonds. The van der Waals surface area contributed by atoms with Crippen LogP contribution in [0, 0.1) is 0 Å². The fraction of sp³-hybridized carbons (Fsp3) is 0.211. The van der Waals surface area contributed by atoms with Crippen LogP contribution < -0.4 is 16.4 Å². The number of nitrogens with zero attached hydrogens (tertiary/aromatic N) is 1. The maximum Gasteiger partial charge on any atom is 0.416 e. The van der Waals surface area contributed by atoms with Gasteiger partial charge in [0.25, 0.3) is 5.91 Å². The van der Waals surface area contributed by atoms with E-state index in [9.17, 15) is 40.7 Å². The molecule has 31 heavy (non-hydrogen) atoms. The SMILES string of the molecule is CCn1c(=O)c(=O)[nH]c2cc(C(=O)Nc3cc(C(F)(F)F)cc(C(F)(F)F)c3)ccc21. The summed E-state index contributed by atoms with van der Waals surface area (Å²) >= 11 is 0. The molecule has 164 valence electrons. The van der Waals surface area contributed by atoms with Gasteiger partial charge in [-0.1, -0.05) is 0 Å². The number of anilines is 1. The molecule has 0 fully saturated rings. The van der Waals surface area contributed by atoms with Crippen LogP contribution in [0.2, 0.25) is 0 Å². The van der Waals surface area contributed by atoms with Crippen molar-refractivity contribution in [2.45, 2.75) is 25.8 Å². The Morgan fingerprint density at radius 1 is 0.968 bits per heavy atom. The minimum absolute atomic E-state index is 0.0551. The number of fused-ring (bicyclic) bond motifs is 1. The number of hydrogen-bond donors (Lipinski definition) is 2. The van der Waals surface area contributed by atoms with E-state index in [1.807, 2.05) is 5.32 Å². The Labute approximate surface area is 169 Å². The fourth-order valence-electron chi connectivity index (χ4n) is 2.96. The molecule has 6 nitrogen and oxygen atoms in total. The molecule has 0 bridgehead atoms. The Balaban J connectivity index is 2.03. The summed E-state index contributed by atoms with van der Waals surface area (Å²) in [5.41, 5.74) is -5.38. The van der Waals surface area contributed by atoms with Crippen molar-refractivity contribution in [1.29, 1.82) is 0 Å². The molecule has 0 saturated heterocycles. The van der Waals surface area contributed by atoms with E-state index in [0.29, 0.717) is 17.6 Å². The number of benzene rings is 2. The monoisotopic (exact) mass is 445 g/mol. The Kier molecular flexibility index (Phi) is 5.42. The normalized spacial score (nSPS) is 12.2. The summed E-state index contributed by atoms with van der Waals surface area (Å²) in [6, 6.07) is 4.42. The summed E-state index contributed by atoms with van der Waals surface area (Å²) in [6.45, 7) is 1.78. The van der Waals surface area contributed by atoms with Gasteiger partial charge in [0.2, 0.25) is 0 Å². The summed E-state index contributed by atoms with van der Waals surface area (Å²) in [5, 5.41) is 2.00. The predicted octanol–water partition coefficient (Wildman–Crippen LogP) is 4.00. The average molecular weight is 445 g/mol. The molecule has 0 aliphatic rings. The van der Waals surface area contributed by atoms with E-state index < -0.39 is 46.2 Å². The van der Waals surface area contributed by atoms with Crippen LogP contribution in [0.3, 0.4) is 0 Å². The van der Waals surface area contributed by atoms with Gasteiger partial charge in [-0.05, 0) is 43.3 Å². The molecular weight excluding hydrogens is 432 g/mol. The molecule has 0 radical (unpaired) electrons. The molecule has 1 heterocycles. The number of rotatable bonds is 3. The molecule has 0 aliphatic carbocycles.